The molecule has 1 heterocycles. The highest BCUT2D eigenvalue weighted by atomic mass is 19.1. The number of amides is 3. The zero-order valence-electron chi connectivity index (χ0n) is 16.8. The summed E-state index contributed by atoms with van der Waals surface area (Å²) in [6, 6.07) is 21.1. The van der Waals surface area contributed by atoms with Gasteiger partial charge in [-0.05, 0) is 73.5 Å². The summed E-state index contributed by atoms with van der Waals surface area (Å²) < 4.78 is 18.8. The topological polar surface area (TPSA) is 70.7 Å². The molecule has 0 bridgehead atoms. The predicted molar refractivity (Wildman–Crippen MR) is 117 cm³/mol. The zero-order valence-corrected chi connectivity index (χ0v) is 16.8. The fraction of sp³-hybridized carbons (Fsp3) is 0.167. The maximum absolute atomic E-state index is 13.1. The van der Waals surface area contributed by atoms with Gasteiger partial charge in [0, 0.05) is 17.9 Å². The molecule has 0 saturated carbocycles. The lowest BCUT2D eigenvalue weighted by Gasteiger charge is -2.24. The first-order chi connectivity index (χ1) is 15.1. The van der Waals surface area contributed by atoms with Crippen molar-refractivity contribution in [1.82, 2.24) is 4.90 Å². The number of rotatable bonds is 5. The van der Waals surface area contributed by atoms with Crippen LogP contribution in [-0.4, -0.2) is 29.4 Å². The van der Waals surface area contributed by atoms with Crippen molar-refractivity contribution in [3.8, 4) is 11.5 Å². The second-order valence-electron chi connectivity index (χ2n) is 7.22. The summed E-state index contributed by atoms with van der Waals surface area (Å²) in [5.74, 6) is 0.763. The average Bonchev–Trinajstić information content (AvgIpc) is 3.28. The molecule has 0 aromatic heterocycles. The Bertz CT molecular complexity index is 1040. The van der Waals surface area contributed by atoms with E-state index >= 15 is 0 Å². The number of ether oxygens (including phenoxy) is 1. The van der Waals surface area contributed by atoms with E-state index in [1.807, 2.05) is 30.3 Å². The number of carbonyl (C=O) groups is 2. The summed E-state index contributed by atoms with van der Waals surface area (Å²) in [5.41, 5.74) is 1.10. The third-order valence-corrected chi connectivity index (χ3v) is 5.01. The molecule has 7 heteroatoms. The molecule has 0 radical (unpaired) electrons. The summed E-state index contributed by atoms with van der Waals surface area (Å²) >= 11 is 0. The van der Waals surface area contributed by atoms with Crippen LogP contribution in [-0.2, 0) is 4.79 Å². The summed E-state index contributed by atoms with van der Waals surface area (Å²) in [6.07, 6.45) is 1.32. The summed E-state index contributed by atoms with van der Waals surface area (Å²) in [6.45, 7) is 0.481. The first kappa shape index (κ1) is 20.4. The Hall–Kier alpha value is -3.87. The van der Waals surface area contributed by atoms with E-state index < -0.39 is 6.04 Å². The van der Waals surface area contributed by atoms with E-state index in [2.05, 4.69) is 10.6 Å². The summed E-state index contributed by atoms with van der Waals surface area (Å²) in [7, 11) is 0. The third-order valence-electron chi connectivity index (χ3n) is 5.01. The molecule has 6 nitrogen and oxygen atoms in total. The van der Waals surface area contributed by atoms with Crippen molar-refractivity contribution in [3.63, 3.8) is 0 Å². The first-order valence-corrected chi connectivity index (χ1v) is 10.1. The molecule has 4 rings (SSSR count). The molecule has 1 aliphatic heterocycles. The third kappa shape index (κ3) is 5.19. The van der Waals surface area contributed by atoms with Gasteiger partial charge in [0.2, 0.25) is 5.91 Å². The second-order valence-corrected chi connectivity index (χ2v) is 7.22. The van der Waals surface area contributed by atoms with Crippen molar-refractivity contribution in [2.45, 2.75) is 18.9 Å². The predicted octanol–water partition coefficient (Wildman–Crippen LogP) is 5.25. The van der Waals surface area contributed by atoms with Gasteiger partial charge in [0.1, 0.15) is 23.4 Å². The van der Waals surface area contributed by atoms with E-state index in [0.29, 0.717) is 30.1 Å². The maximum atomic E-state index is 13.1. The lowest BCUT2D eigenvalue weighted by molar-refractivity contribution is -0.119. The molecule has 0 spiro atoms. The number of para-hydroxylation sites is 1. The van der Waals surface area contributed by atoms with E-state index in [4.69, 9.17) is 4.74 Å². The molecule has 1 saturated heterocycles. The number of nitrogens with one attached hydrogen (secondary N) is 2. The van der Waals surface area contributed by atoms with Gasteiger partial charge in [-0.15, -0.1) is 0 Å². The Morgan fingerprint density at radius 2 is 1.45 bits per heavy atom. The van der Waals surface area contributed by atoms with Crippen LogP contribution in [0.25, 0.3) is 0 Å². The Morgan fingerprint density at radius 1 is 0.839 bits per heavy atom. The highest BCUT2D eigenvalue weighted by molar-refractivity contribution is 5.99. The molecule has 3 aromatic carbocycles. The van der Waals surface area contributed by atoms with E-state index in [1.165, 1.54) is 29.2 Å². The number of benzene rings is 3. The van der Waals surface area contributed by atoms with Crippen LogP contribution in [0.5, 0.6) is 11.5 Å². The van der Waals surface area contributed by atoms with Crippen LogP contribution in [0.4, 0.5) is 20.6 Å². The molecule has 1 aliphatic rings. The molecule has 0 unspecified atom stereocenters. The van der Waals surface area contributed by atoms with Gasteiger partial charge in [0.25, 0.3) is 0 Å². The Kier molecular flexibility index (Phi) is 6.12. The van der Waals surface area contributed by atoms with Gasteiger partial charge in [-0.25, -0.2) is 9.18 Å². The molecule has 1 atom stereocenters. The molecular formula is C24H22FN3O3. The highest BCUT2D eigenvalue weighted by Gasteiger charge is 2.34. The molecule has 31 heavy (non-hydrogen) atoms. The first-order valence-electron chi connectivity index (χ1n) is 10.1. The minimum absolute atomic E-state index is 0.247. The van der Waals surface area contributed by atoms with Crippen molar-refractivity contribution in [1.29, 1.82) is 0 Å². The maximum Gasteiger partial charge on any atom is 0.322 e. The van der Waals surface area contributed by atoms with E-state index in [1.54, 1.807) is 24.3 Å². The van der Waals surface area contributed by atoms with E-state index in [0.717, 1.165) is 12.2 Å². The van der Waals surface area contributed by atoms with Gasteiger partial charge in [-0.1, -0.05) is 18.2 Å². The number of urea groups is 1. The monoisotopic (exact) mass is 419 g/mol. The number of carbonyl (C=O) groups excluding carboxylic acids is 2. The van der Waals surface area contributed by atoms with Gasteiger partial charge >= 0.3 is 6.03 Å². The number of anilines is 2. The van der Waals surface area contributed by atoms with Crippen LogP contribution in [0, 0.1) is 5.82 Å². The normalized spacial score (nSPS) is 15.4. The number of hydrogen-bond acceptors (Lipinski definition) is 3. The van der Waals surface area contributed by atoms with Crippen LogP contribution >= 0.6 is 0 Å². The molecule has 158 valence electrons. The van der Waals surface area contributed by atoms with Crippen LogP contribution in [0.1, 0.15) is 12.8 Å². The van der Waals surface area contributed by atoms with Gasteiger partial charge in [0.15, 0.2) is 0 Å². The van der Waals surface area contributed by atoms with Crippen LogP contribution in [0.3, 0.4) is 0 Å². The van der Waals surface area contributed by atoms with Crippen molar-refractivity contribution in [2.24, 2.45) is 0 Å². The van der Waals surface area contributed by atoms with E-state index in [-0.39, 0.29) is 17.8 Å². The average molecular weight is 419 g/mol. The van der Waals surface area contributed by atoms with Crippen LogP contribution < -0.4 is 15.4 Å². The van der Waals surface area contributed by atoms with Gasteiger partial charge < -0.3 is 20.3 Å². The highest BCUT2D eigenvalue weighted by Crippen LogP contribution is 2.24. The fourth-order valence-electron chi connectivity index (χ4n) is 3.47. The quantitative estimate of drug-likeness (QED) is 0.593. The van der Waals surface area contributed by atoms with Crippen LogP contribution in [0.15, 0.2) is 78.9 Å². The number of hydrogen-bond donors (Lipinski definition) is 2. The SMILES string of the molecule is O=C(Nc1ccc(Oc2ccccc2)cc1)[C@@H]1CCCN1C(=O)Nc1ccc(F)cc1. The van der Waals surface area contributed by atoms with Crippen molar-refractivity contribution < 1.29 is 18.7 Å². The van der Waals surface area contributed by atoms with Crippen LogP contribution in [0.2, 0.25) is 0 Å². The Morgan fingerprint density at radius 3 is 2.16 bits per heavy atom. The number of likely N-dealkylation sites (tertiary alicyclic amines) is 1. The number of nitrogens with zero attached hydrogens (tertiary/aromatic N) is 1. The number of halogens is 1. The molecule has 1 fully saturated rings. The lowest BCUT2D eigenvalue weighted by atomic mass is 10.2. The summed E-state index contributed by atoms with van der Waals surface area (Å²) in [5, 5.41) is 5.58. The Labute approximate surface area is 179 Å². The molecule has 3 amide bonds. The van der Waals surface area contributed by atoms with E-state index in [9.17, 15) is 14.0 Å². The Balaban J connectivity index is 1.35. The minimum atomic E-state index is -0.569. The lowest BCUT2D eigenvalue weighted by Crippen LogP contribution is -2.45. The summed E-state index contributed by atoms with van der Waals surface area (Å²) in [4.78, 5) is 26.9. The minimum Gasteiger partial charge on any atom is -0.457 e. The van der Waals surface area contributed by atoms with Crippen molar-refractivity contribution >= 4 is 23.3 Å². The zero-order chi connectivity index (χ0) is 21.6. The van der Waals surface area contributed by atoms with Crippen molar-refractivity contribution in [2.75, 3.05) is 17.2 Å². The molecule has 0 aliphatic carbocycles. The molecule has 3 aromatic rings. The standard InChI is InChI=1S/C24H22FN3O3/c25-17-8-10-19(11-9-17)27-24(30)28-16-4-7-22(28)23(29)26-18-12-14-21(15-13-18)31-20-5-2-1-3-6-20/h1-3,5-6,8-15,22H,4,7,16H2,(H,26,29)(H,27,30)/t22-/m0/s1. The van der Waals surface area contributed by atoms with Crippen molar-refractivity contribution in [3.05, 3.63) is 84.7 Å². The second kappa shape index (κ2) is 9.30. The smallest absolute Gasteiger partial charge is 0.322 e. The van der Waals surface area contributed by atoms with Gasteiger partial charge in [-0.2, -0.15) is 0 Å². The molecular weight excluding hydrogens is 397 g/mol. The van der Waals surface area contributed by atoms with Gasteiger partial charge in [0.05, 0.1) is 0 Å². The fourth-order valence-corrected chi connectivity index (χ4v) is 3.47. The van der Waals surface area contributed by atoms with Gasteiger partial charge in [-0.3, -0.25) is 4.79 Å². The molecule has 2 N–H and O–H groups in total. The largest absolute Gasteiger partial charge is 0.457 e.